The predicted molar refractivity (Wildman–Crippen MR) is 128 cm³/mol. The van der Waals surface area contributed by atoms with Crippen molar-refractivity contribution in [1.29, 1.82) is 0 Å². The molecule has 0 unspecified atom stereocenters. The number of benzene rings is 3. The number of carbonyl (C=O) groups is 4. The number of rotatable bonds is 6. The number of nitrogens with zero attached hydrogens (tertiary/aromatic N) is 1. The Labute approximate surface area is 195 Å². The molecule has 1 fully saturated rings. The number of anilines is 2. The first kappa shape index (κ1) is 22.3. The summed E-state index contributed by atoms with van der Waals surface area (Å²) in [5.41, 5.74) is 3.40. The summed E-state index contributed by atoms with van der Waals surface area (Å²) in [6.07, 6.45) is 0. The van der Waals surface area contributed by atoms with Crippen LogP contribution in [0.2, 0.25) is 0 Å². The molecule has 0 spiro atoms. The van der Waals surface area contributed by atoms with Crippen molar-refractivity contribution in [3.05, 3.63) is 95.1 Å². The average Bonchev–Trinajstić information content (AvgIpc) is 3.11. The SMILES string of the molecule is Cc1cccc(NC(=O)c2ccccc2NC(=O)c2cccc(CN3C(=O)CSC3=O)c2)c1. The predicted octanol–water partition coefficient (Wildman–Crippen LogP) is 4.70. The van der Waals surface area contributed by atoms with E-state index in [-0.39, 0.29) is 29.4 Å². The summed E-state index contributed by atoms with van der Waals surface area (Å²) in [5, 5.41) is 5.35. The van der Waals surface area contributed by atoms with E-state index >= 15 is 0 Å². The van der Waals surface area contributed by atoms with Gasteiger partial charge in [-0.3, -0.25) is 24.1 Å². The lowest BCUT2D eigenvalue weighted by atomic mass is 10.1. The largest absolute Gasteiger partial charge is 0.322 e. The van der Waals surface area contributed by atoms with E-state index < -0.39 is 5.91 Å². The molecule has 4 rings (SSSR count). The normalized spacial score (nSPS) is 13.2. The summed E-state index contributed by atoms with van der Waals surface area (Å²) < 4.78 is 0. The Morgan fingerprint density at radius 3 is 2.45 bits per heavy atom. The minimum atomic E-state index is -0.402. The van der Waals surface area contributed by atoms with Crippen LogP contribution in [-0.4, -0.2) is 33.6 Å². The molecule has 33 heavy (non-hydrogen) atoms. The molecule has 0 radical (unpaired) electrons. The van der Waals surface area contributed by atoms with Crippen LogP contribution >= 0.6 is 11.8 Å². The Kier molecular flexibility index (Phi) is 6.55. The molecule has 0 aromatic heterocycles. The Bertz CT molecular complexity index is 1240. The number of para-hydroxylation sites is 1. The van der Waals surface area contributed by atoms with Gasteiger partial charge in [0.1, 0.15) is 0 Å². The molecule has 3 aromatic rings. The highest BCUT2D eigenvalue weighted by Crippen LogP contribution is 2.22. The molecule has 0 saturated carbocycles. The lowest BCUT2D eigenvalue weighted by molar-refractivity contribution is -0.125. The second-order valence-electron chi connectivity index (χ2n) is 7.56. The summed E-state index contributed by atoms with van der Waals surface area (Å²) in [6, 6.07) is 20.9. The Morgan fingerprint density at radius 2 is 1.70 bits per heavy atom. The van der Waals surface area contributed by atoms with Gasteiger partial charge in [0.05, 0.1) is 23.5 Å². The maximum atomic E-state index is 12.9. The topological polar surface area (TPSA) is 95.6 Å². The van der Waals surface area contributed by atoms with Crippen molar-refractivity contribution >= 4 is 46.1 Å². The molecule has 0 bridgehead atoms. The minimum absolute atomic E-state index is 0.112. The number of carbonyl (C=O) groups excluding carboxylic acids is 4. The van der Waals surface area contributed by atoms with Crippen molar-refractivity contribution in [2.45, 2.75) is 13.5 Å². The van der Waals surface area contributed by atoms with Gasteiger partial charge in [-0.15, -0.1) is 0 Å². The van der Waals surface area contributed by atoms with Crippen LogP contribution in [0.4, 0.5) is 16.2 Å². The van der Waals surface area contributed by atoms with Crippen LogP contribution in [0, 0.1) is 6.92 Å². The summed E-state index contributed by atoms with van der Waals surface area (Å²) >= 11 is 0.971. The molecule has 7 nitrogen and oxygen atoms in total. The standard InChI is InChI=1S/C25H21N3O4S/c1-16-6-4-9-19(12-16)26-24(31)20-10-2-3-11-21(20)27-23(30)18-8-5-7-17(13-18)14-28-22(29)15-33-25(28)32/h2-13H,14-15H2,1H3,(H,26,31)(H,27,30). The van der Waals surface area contributed by atoms with Gasteiger partial charge >= 0.3 is 0 Å². The zero-order chi connectivity index (χ0) is 23.4. The molecule has 1 aliphatic rings. The quantitative estimate of drug-likeness (QED) is 0.557. The van der Waals surface area contributed by atoms with Crippen LogP contribution < -0.4 is 10.6 Å². The number of amides is 4. The van der Waals surface area contributed by atoms with Crippen LogP contribution in [0.3, 0.4) is 0 Å². The highest BCUT2D eigenvalue weighted by atomic mass is 32.2. The molecule has 1 saturated heterocycles. The maximum Gasteiger partial charge on any atom is 0.289 e. The summed E-state index contributed by atoms with van der Waals surface area (Å²) in [5.74, 6) is -0.844. The van der Waals surface area contributed by atoms with Gasteiger partial charge < -0.3 is 10.6 Å². The van der Waals surface area contributed by atoms with Crippen molar-refractivity contribution in [3.63, 3.8) is 0 Å². The maximum absolute atomic E-state index is 12.9. The Balaban J connectivity index is 1.49. The Hall–Kier alpha value is -3.91. The van der Waals surface area contributed by atoms with Crippen LogP contribution in [0.5, 0.6) is 0 Å². The fraction of sp³-hybridized carbons (Fsp3) is 0.120. The van der Waals surface area contributed by atoms with Gasteiger partial charge in [0.2, 0.25) is 5.91 Å². The lowest BCUT2D eigenvalue weighted by Crippen LogP contribution is -2.28. The third-order valence-electron chi connectivity index (χ3n) is 5.07. The van der Waals surface area contributed by atoms with Gasteiger partial charge in [-0.25, -0.2) is 0 Å². The molecule has 1 heterocycles. The highest BCUT2D eigenvalue weighted by molar-refractivity contribution is 8.14. The van der Waals surface area contributed by atoms with Crippen molar-refractivity contribution in [1.82, 2.24) is 4.90 Å². The summed E-state index contributed by atoms with van der Waals surface area (Å²) in [6.45, 7) is 2.05. The average molecular weight is 460 g/mol. The smallest absolute Gasteiger partial charge is 0.289 e. The van der Waals surface area contributed by atoms with E-state index in [0.717, 1.165) is 17.3 Å². The number of hydrogen-bond acceptors (Lipinski definition) is 5. The van der Waals surface area contributed by atoms with Crippen LogP contribution in [0.25, 0.3) is 0 Å². The van der Waals surface area contributed by atoms with Crippen LogP contribution in [0.15, 0.2) is 72.8 Å². The summed E-state index contributed by atoms with van der Waals surface area (Å²) in [4.78, 5) is 50.6. The van der Waals surface area contributed by atoms with E-state index in [2.05, 4.69) is 10.6 Å². The van der Waals surface area contributed by atoms with Gasteiger partial charge in [-0.1, -0.05) is 48.2 Å². The number of hydrogen-bond donors (Lipinski definition) is 2. The van der Waals surface area contributed by atoms with Crippen molar-refractivity contribution in [2.75, 3.05) is 16.4 Å². The minimum Gasteiger partial charge on any atom is -0.322 e. The van der Waals surface area contributed by atoms with Crippen LogP contribution in [-0.2, 0) is 11.3 Å². The molecule has 8 heteroatoms. The van der Waals surface area contributed by atoms with Crippen molar-refractivity contribution in [2.24, 2.45) is 0 Å². The third kappa shape index (κ3) is 5.30. The molecule has 2 N–H and O–H groups in total. The molecule has 1 aliphatic heterocycles. The van der Waals surface area contributed by atoms with Gasteiger partial charge in [0.25, 0.3) is 17.1 Å². The van der Waals surface area contributed by atoms with Gasteiger partial charge in [-0.05, 0) is 54.4 Å². The molecule has 4 amide bonds. The lowest BCUT2D eigenvalue weighted by Gasteiger charge is -2.14. The number of imide groups is 1. The fourth-order valence-electron chi connectivity index (χ4n) is 3.43. The van der Waals surface area contributed by atoms with Crippen molar-refractivity contribution in [3.8, 4) is 0 Å². The first-order valence-corrected chi connectivity index (χ1v) is 11.2. The molecule has 3 aromatic carbocycles. The van der Waals surface area contributed by atoms with E-state index in [1.807, 2.05) is 25.1 Å². The van der Waals surface area contributed by atoms with E-state index in [9.17, 15) is 19.2 Å². The Morgan fingerprint density at radius 1 is 0.909 bits per heavy atom. The number of aryl methyl sites for hydroxylation is 1. The van der Waals surface area contributed by atoms with Crippen LogP contribution in [0.1, 0.15) is 31.8 Å². The first-order valence-electron chi connectivity index (χ1n) is 10.2. The van der Waals surface area contributed by atoms with E-state index in [4.69, 9.17) is 0 Å². The van der Waals surface area contributed by atoms with Crippen molar-refractivity contribution < 1.29 is 19.2 Å². The molecule has 0 atom stereocenters. The second kappa shape index (κ2) is 9.70. The van der Waals surface area contributed by atoms with E-state index in [1.165, 1.54) is 4.90 Å². The zero-order valence-corrected chi connectivity index (χ0v) is 18.6. The van der Waals surface area contributed by atoms with Gasteiger partial charge in [0.15, 0.2) is 0 Å². The number of thioether (sulfide) groups is 1. The molecule has 166 valence electrons. The fourth-order valence-corrected chi connectivity index (χ4v) is 4.16. The van der Waals surface area contributed by atoms with Gasteiger partial charge in [0, 0.05) is 11.3 Å². The number of nitrogens with one attached hydrogen (secondary N) is 2. The zero-order valence-electron chi connectivity index (χ0n) is 17.8. The summed E-state index contributed by atoms with van der Waals surface area (Å²) in [7, 11) is 0. The monoisotopic (exact) mass is 459 g/mol. The molecular weight excluding hydrogens is 438 g/mol. The van der Waals surface area contributed by atoms with E-state index in [1.54, 1.807) is 54.6 Å². The van der Waals surface area contributed by atoms with E-state index in [0.29, 0.717) is 28.1 Å². The second-order valence-corrected chi connectivity index (χ2v) is 8.48. The molecule has 0 aliphatic carbocycles. The first-order chi connectivity index (χ1) is 15.9. The third-order valence-corrected chi connectivity index (χ3v) is 5.92. The molecular formula is C25H21N3O4S. The highest BCUT2D eigenvalue weighted by Gasteiger charge is 2.29. The van der Waals surface area contributed by atoms with Gasteiger partial charge in [-0.2, -0.15) is 0 Å².